The number of nitrogens with zero attached hydrogens (tertiary/aromatic N) is 1. The first-order valence-corrected chi connectivity index (χ1v) is 6.14. The van der Waals surface area contributed by atoms with Crippen LogP contribution in [0.3, 0.4) is 0 Å². The van der Waals surface area contributed by atoms with Crippen LogP contribution in [-0.4, -0.2) is 4.98 Å². The molecule has 1 heterocycles. The van der Waals surface area contributed by atoms with Crippen molar-refractivity contribution in [2.24, 2.45) is 0 Å². The van der Waals surface area contributed by atoms with Gasteiger partial charge in [-0.15, -0.1) is 11.3 Å². The molecule has 0 radical (unpaired) electrons. The predicted octanol–water partition coefficient (Wildman–Crippen LogP) is 4.32. The highest BCUT2D eigenvalue weighted by atomic mass is 32.1. The van der Waals surface area contributed by atoms with Crippen molar-refractivity contribution in [2.45, 2.75) is 26.2 Å². The van der Waals surface area contributed by atoms with E-state index in [2.05, 4.69) is 43.1 Å². The highest BCUT2D eigenvalue weighted by Crippen LogP contribution is 2.30. The first-order valence-electron chi connectivity index (χ1n) is 5.32. The van der Waals surface area contributed by atoms with Crippen molar-refractivity contribution in [3.8, 4) is 10.4 Å². The summed E-state index contributed by atoms with van der Waals surface area (Å²) in [5.74, 6) is 0.576. The molecule has 0 bridgehead atoms. The zero-order valence-corrected chi connectivity index (χ0v) is 9.92. The molecule has 2 rings (SSSR count). The lowest BCUT2D eigenvalue weighted by Crippen LogP contribution is -1.87. The maximum absolute atomic E-state index is 4.48. The topological polar surface area (TPSA) is 12.9 Å². The molecule has 0 saturated carbocycles. The van der Waals surface area contributed by atoms with Crippen molar-refractivity contribution >= 4 is 11.3 Å². The standard InChI is InChI=1S/C13H15NS/c1-3-10(2)13-14-9-12(15-13)11-7-5-4-6-8-11/h4-10H,3H2,1-2H3/t10-/m0/s1. The Bertz CT molecular complexity index is 419. The van der Waals surface area contributed by atoms with E-state index in [0.717, 1.165) is 6.42 Å². The molecule has 15 heavy (non-hydrogen) atoms. The van der Waals surface area contributed by atoms with E-state index in [1.165, 1.54) is 15.4 Å². The molecule has 0 amide bonds. The van der Waals surface area contributed by atoms with E-state index in [1.54, 1.807) is 0 Å². The zero-order chi connectivity index (χ0) is 10.7. The minimum absolute atomic E-state index is 0.576. The molecular weight excluding hydrogens is 202 g/mol. The van der Waals surface area contributed by atoms with Gasteiger partial charge < -0.3 is 0 Å². The van der Waals surface area contributed by atoms with Gasteiger partial charge in [-0.1, -0.05) is 44.2 Å². The first-order chi connectivity index (χ1) is 7.31. The van der Waals surface area contributed by atoms with E-state index in [0.29, 0.717) is 5.92 Å². The fraction of sp³-hybridized carbons (Fsp3) is 0.308. The van der Waals surface area contributed by atoms with E-state index in [4.69, 9.17) is 0 Å². The fourth-order valence-corrected chi connectivity index (χ4v) is 2.48. The smallest absolute Gasteiger partial charge is 0.0959 e. The van der Waals surface area contributed by atoms with Gasteiger partial charge >= 0.3 is 0 Å². The monoisotopic (exact) mass is 217 g/mol. The van der Waals surface area contributed by atoms with Gasteiger partial charge in [-0.2, -0.15) is 0 Å². The van der Waals surface area contributed by atoms with Crippen molar-refractivity contribution in [3.63, 3.8) is 0 Å². The quantitative estimate of drug-likeness (QED) is 0.746. The van der Waals surface area contributed by atoms with Crippen LogP contribution < -0.4 is 0 Å². The van der Waals surface area contributed by atoms with Gasteiger partial charge in [0.2, 0.25) is 0 Å². The van der Waals surface area contributed by atoms with Crippen molar-refractivity contribution < 1.29 is 0 Å². The average Bonchev–Trinajstić information content (AvgIpc) is 2.78. The predicted molar refractivity (Wildman–Crippen MR) is 66.3 cm³/mol. The Morgan fingerprint density at radius 3 is 2.67 bits per heavy atom. The number of aromatic nitrogens is 1. The minimum atomic E-state index is 0.576. The highest BCUT2D eigenvalue weighted by Gasteiger charge is 2.08. The van der Waals surface area contributed by atoms with Gasteiger partial charge in [0, 0.05) is 12.1 Å². The third kappa shape index (κ3) is 2.26. The van der Waals surface area contributed by atoms with Crippen LogP contribution in [0.1, 0.15) is 31.2 Å². The highest BCUT2D eigenvalue weighted by molar-refractivity contribution is 7.15. The SMILES string of the molecule is CC[C@H](C)c1ncc(-c2ccccc2)s1. The molecule has 1 nitrogen and oxygen atoms in total. The normalized spacial score (nSPS) is 12.7. The van der Waals surface area contributed by atoms with Crippen molar-refractivity contribution in [1.82, 2.24) is 4.98 Å². The second kappa shape index (κ2) is 4.58. The molecule has 0 aliphatic carbocycles. The summed E-state index contributed by atoms with van der Waals surface area (Å²) in [6.07, 6.45) is 3.14. The van der Waals surface area contributed by atoms with Crippen molar-refractivity contribution in [3.05, 3.63) is 41.5 Å². The van der Waals surface area contributed by atoms with Crippen LogP contribution in [0.15, 0.2) is 36.5 Å². The van der Waals surface area contributed by atoms with Crippen molar-refractivity contribution in [2.75, 3.05) is 0 Å². The van der Waals surface area contributed by atoms with Crippen LogP contribution in [0.2, 0.25) is 0 Å². The third-order valence-electron chi connectivity index (χ3n) is 2.62. The van der Waals surface area contributed by atoms with Gasteiger partial charge in [-0.25, -0.2) is 4.98 Å². The molecule has 1 atom stereocenters. The Kier molecular flexibility index (Phi) is 3.17. The summed E-state index contributed by atoms with van der Waals surface area (Å²) in [6, 6.07) is 10.4. The van der Waals surface area contributed by atoms with Crippen LogP contribution in [0.5, 0.6) is 0 Å². The summed E-state index contributed by atoms with van der Waals surface area (Å²) in [6.45, 7) is 4.43. The molecule has 0 fully saturated rings. The summed E-state index contributed by atoms with van der Waals surface area (Å²) in [7, 11) is 0. The van der Waals surface area contributed by atoms with Gasteiger partial charge in [-0.05, 0) is 12.0 Å². The summed E-state index contributed by atoms with van der Waals surface area (Å²) >= 11 is 1.81. The van der Waals surface area contributed by atoms with Crippen molar-refractivity contribution in [1.29, 1.82) is 0 Å². The largest absolute Gasteiger partial charge is 0.249 e. The fourth-order valence-electron chi connectivity index (χ4n) is 1.43. The number of hydrogen-bond acceptors (Lipinski definition) is 2. The molecule has 2 aromatic rings. The summed E-state index contributed by atoms with van der Waals surface area (Å²) < 4.78 is 0. The maximum atomic E-state index is 4.48. The summed E-state index contributed by atoms with van der Waals surface area (Å²) in [4.78, 5) is 5.75. The Hall–Kier alpha value is -1.15. The molecule has 0 aliphatic rings. The third-order valence-corrected chi connectivity index (χ3v) is 3.89. The lowest BCUT2D eigenvalue weighted by Gasteiger charge is -2.01. The van der Waals surface area contributed by atoms with Gasteiger partial charge in [0.15, 0.2) is 0 Å². The van der Waals surface area contributed by atoms with E-state index in [9.17, 15) is 0 Å². The van der Waals surface area contributed by atoms with E-state index in [-0.39, 0.29) is 0 Å². The summed E-state index contributed by atoms with van der Waals surface area (Å²) in [5, 5.41) is 1.25. The molecule has 78 valence electrons. The van der Waals surface area contributed by atoms with Gasteiger partial charge in [0.05, 0.1) is 9.88 Å². The Morgan fingerprint density at radius 1 is 1.27 bits per heavy atom. The number of hydrogen-bond donors (Lipinski definition) is 0. The molecular formula is C13H15NS. The molecule has 0 unspecified atom stereocenters. The van der Waals surface area contributed by atoms with Crippen LogP contribution in [0.25, 0.3) is 10.4 Å². The minimum Gasteiger partial charge on any atom is -0.249 e. The second-order valence-corrected chi connectivity index (χ2v) is 4.80. The Balaban J connectivity index is 2.28. The van der Waals surface area contributed by atoms with Crippen LogP contribution >= 0.6 is 11.3 Å². The lowest BCUT2D eigenvalue weighted by atomic mass is 10.1. The molecule has 0 N–H and O–H groups in total. The number of rotatable bonds is 3. The Labute approximate surface area is 94.8 Å². The van der Waals surface area contributed by atoms with Crippen LogP contribution in [0, 0.1) is 0 Å². The molecule has 2 heteroatoms. The van der Waals surface area contributed by atoms with E-state index < -0.39 is 0 Å². The summed E-state index contributed by atoms with van der Waals surface area (Å²) in [5.41, 5.74) is 1.27. The van der Waals surface area contributed by atoms with E-state index >= 15 is 0 Å². The zero-order valence-electron chi connectivity index (χ0n) is 9.10. The van der Waals surface area contributed by atoms with Crippen LogP contribution in [-0.2, 0) is 0 Å². The Morgan fingerprint density at radius 2 is 2.00 bits per heavy atom. The number of thiazole rings is 1. The maximum Gasteiger partial charge on any atom is 0.0959 e. The molecule has 1 aromatic carbocycles. The molecule has 0 aliphatic heterocycles. The van der Waals surface area contributed by atoms with Gasteiger partial charge in [0.1, 0.15) is 0 Å². The number of benzene rings is 1. The lowest BCUT2D eigenvalue weighted by molar-refractivity contribution is 0.727. The first kappa shape index (κ1) is 10.4. The molecule has 1 aromatic heterocycles. The molecule has 0 spiro atoms. The van der Waals surface area contributed by atoms with Gasteiger partial charge in [0.25, 0.3) is 0 Å². The second-order valence-electron chi connectivity index (χ2n) is 3.74. The van der Waals surface area contributed by atoms with Crippen LogP contribution in [0.4, 0.5) is 0 Å². The van der Waals surface area contributed by atoms with E-state index in [1.807, 2.05) is 23.6 Å². The average molecular weight is 217 g/mol. The van der Waals surface area contributed by atoms with Gasteiger partial charge in [-0.3, -0.25) is 0 Å². The molecule has 0 saturated heterocycles.